The molecule has 0 bridgehead atoms. The quantitative estimate of drug-likeness (QED) is 0.881. The van der Waals surface area contributed by atoms with Gasteiger partial charge < -0.3 is 5.32 Å². The summed E-state index contributed by atoms with van der Waals surface area (Å²) in [5.74, 6) is -0.760. The largest absolute Gasteiger partial charge is 0.306 e. The maximum Gasteiger partial charge on any atom is 0.146 e. The molecular formula is C15H15BrF2N2. The lowest BCUT2D eigenvalue weighted by molar-refractivity contribution is 0.539. The summed E-state index contributed by atoms with van der Waals surface area (Å²) in [7, 11) is 0. The molecule has 0 aliphatic heterocycles. The average molecular weight is 341 g/mol. The molecule has 0 aliphatic carbocycles. The van der Waals surface area contributed by atoms with Gasteiger partial charge in [0.25, 0.3) is 0 Å². The fourth-order valence-electron chi connectivity index (χ4n) is 2.01. The van der Waals surface area contributed by atoms with Crippen LogP contribution in [0.15, 0.2) is 41.1 Å². The topological polar surface area (TPSA) is 24.9 Å². The molecule has 0 fully saturated rings. The number of nitrogens with zero attached hydrogens (tertiary/aromatic N) is 1. The van der Waals surface area contributed by atoms with Gasteiger partial charge in [0.15, 0.2) is 0 Å². The highest BCUT2D eigenvalue weighted by Crippen LogP contribution is 2.27. The Morgan fingerprint density at radius 3 is 2.70 bits per heavy atom. The molecule has 1 unspecified atom stereocenters. The van der Waals surface area contributed by atoms with Crippen molar-refractivity contribution in [2.24, 2.45) is 0 Å². The molecule has 1 aromatic carbocycles. The summed E-state index contributed by atoms with van der Waals surface area (Å²) in [5, 5.41) is 3.24. The lowest BCUT2D eigenvalue weighted by Crippen LogP contribution is -2.24. The molecule has 2 aromatic rings. The van der Waals surface area contributed by atoms with Gasteiger partial charge in [-0.05, 0) is 52.7 Å². The standard InChI is InChI=1S/C15H15BrF2N2/c1-2-6-20-15(11-5-7-19-9-14(11)18)10-3-4-12(16)13(17)8-10/h3-5,7-9,15,20H,2,6H2,1H3. The first-order valence-corrected chi connectivity index (χ1v) is 7.20. The Labute approximate surface area is 125 Å². The Morgan fingerprint density at radius 1 is 1.25 bits per heavy atom. The second-order valence-corrected chi connectivity index (χ2v) is 5.31. The number of rotatable bonds is 5. The van der Waals surface area contributed by atoms with E-state index >= 15 is 0 Å². The molecule has 0 spiro atoms. The van der Waals surface area contributed by atoms with Crippen LogP contribution in [-0.4, -0.2) is 11.5 Å². The summed E-state index contributed by atoms with van der Waals surface area (Å²) in [6.07, 6.45) is 3.61. The number of aromatic nitrogens is 1. The number of benzene rings is 1. The molecule has 0 amide bonds. The van der Waals surface area contributed by atoms with Crippen molar-refractivity contribution in [3.8, 4) is 0 Å². The third-order valence-corrected chi connectivity index (χ3v) is 3.63. The molecule has 0 radical (unpaired) electrons. The lowest BCUT2D eigenvalue weighted by atomic mass is 9.99. The monoisotopic (exact) mass is 340 g/mol. The zero-order valence-corrected chi connectivity index (χ0v) is 12.6. The maximum atomic E-state index is 13.9. The Hall–Kier alpha value is -1.33. The van der Waals surface area contributed by atoms with Gasteiger partial charge in [0.1, 0.15) is 11.6 Å². The van der Waals surface area contributed by atoms with E-state index in [1.54, 1.807) is 18.2 Å². The molecule has 0 aliphatic rings. The van der Waals surface area contributed by atoms with E-state index in [-0.39, 0.29) is 11.9 Å². The average Bonchev–Trinajstić information content (AvgIpc) is 2.44. The first kappa shape index (κ1) is 15.1. The minimum atomic E-state index is -0.399. The van der Waals surface area contributed by atoms with Gasteiger partial charge in [-0.25, -0.2) is 8.78 Å². The predicted octanol–water partition coefficient (Wildman–Crippen LogP) is 4.21. The predicted molar refractivity (Wildman–Crippen MR) is 78.4 cm³/mol. The number of hydrogen-bond donors (Lipinski definition) is 1. The van der Waals surface area contributed by atoms with Crippen LogP contribution in [0.5, 0.6) is 0 Å². The van der Waals surface area contributed by atoms with Gasteiger partial charge in [-0.15, -0.1) is 0 Å². The van der Waals surface area contributed by atoms with Crippen LogP contribution < -0.4 is 5.32 Å². The molecule has 1 aromatic heterocycles. The lowest BCUT2D eigenvalue weighted by Gasteiger charge is -2.20. The summed E-state index contributed by atoms with van der Waals surface area (Å²) < 4.78 is 28.0. The van der Waals surface area contributed by atoms with Crippen molar-refractivity contribution in [3.63, 3.8) is 0 Å². The van der Waals surface area contributed by atoms with Crippen LogP contribution in [0.2, 0.25) is 0 Å². The Kier molecular flexibility index (Phi) is 5.20. The van der Waals surface area contributed by atoms with E-state index in [0.717, 1.165) is 6.42 Å². The summed E-state index contributed by atoms with van der Waals surface area (Å²) in [6.45, 7) is 2.74. The minimum absolute atomic E-state index is 0.361. The fraction of sp³-hybridized carbons (Fsp3) is 0.267. The van der Waals surface area contributed by atoms with Crippen LogP contribution in [0.4, 0.5) is 8.78 Å². The summed E-state index contributed by atoms with van der Waals surface area (Å²) in [4.78, 5) is 3.75. The Morgan fingerprint density at radius 2 is 2.05 bits per heavy atom. The van der Waals surface area contributed by atoms with Gasteiger partial charge >= 0.3 is 0 Å². The molecule has 20 heavy (non-hydrogen) atoms. The normalized spacial score (nSPS) is 12.4. The third-order valence-electron chi connectivity index (χ3n) is 2.99. The van der Waals surface area contributed by atoms with Gasteiger partial charge in [-0.1, -0.05) is 13.0 Å². The number of hydrogen-bond acceptors (Lipinski definition) is 2. The highest BCUT2D eigenvalue weighted by molar-refractivity contribution is 9.10. The van der Waals surface area contributed by atoms with E-state index in [2.05, 4.69) is 26.2 Å². The second-order valence-electron chi connectivity index (χ2n) is 4.46. The number of halogens is 3. The van der Waals surface area contributed by atoms with E-state index in [0.29, 0.717) is 22.1 Å². The van der Waals surface area contributed by atoms with E-state index in [4.69, 9.17) is 0 Å². The highest BCUT2D eigenvalue weighted by atomic mass is 79.9. The van der Waals surface area contributed by atoms with Crippen LogP contribution >= 0.6 is 15.9 Å². The van der Waals surface area contributed by atoms with Gasteiger partial charge in [0, 0.05) is 11.8 Å². The molecule has 0 saturated heterocycles. The van der Waals surface area contributed by atoms with Crippen molar-refractivity contribution in [3.05, 3.63) is 63.9 Å². The maximum absolute atomic E-state index is 13.9. The number of pyridine rings is 1. The molecule has 5 heteroatoms. The van der Waals surface area contributed by atoms with Gasteiger partial charge in [-0.3, -0.25) is 4.98 Å². The van der Waals surface area contributed by atoms with Crippen molar-refractivity contribution in [1.82, 2.24) is 10.3 Å². The van der Waals surface area contributed by atoms with Crippen molar-refractivity contribution < 1.29 is 8.78 Å². The Bertz CT molecular complexity index is 590. The molecule has 1 atom stereocenters. The molecule has 2 nitrogen and oxygen atoms in total. The van der Waals surface area contributed by atoms with E-state index in [9.17, 15) is 8.78 Å². The molecular weight excluding hydrogens is 326 g/mol. The Balaban J connectivity index is 2.41. The van der Waals surface area contributed by atoms with Crippen LogP contribution in [-0.2, 0) is 0 Å². The zero-order valence-electron chi connectivity index (χ0n) is 11.0. The summed E-state index contributed by atoms with van der Waals surface area (Å²) in [6, 6.07) is 6.05. The fourth-order valence-corrected chi connectivity index (χ4v) is 2.25. The van der Waals surface area contributed by atoms with Gasteiger partial charge in [0.05, 0.1) is 16.7 Å². The first-order valence-electron chi connectivity index (χ1n) is 6.41. The van der Waals surface area contributed by atoms with Crippen LogP contribution in [0, 0.1) is 11.6 Å². The molecule has 0 saturated carbocycles. The zero-order chi connectivity index (χ0) is 14.5. The summed E-state index contributed by atoms with van der Waals surface area (Å²) in [5.41, 5.74) is 1.15. The number of nitrogens with one attached hydrogen (secondary N) is 1. The van der Waals surface area contributed by atoms with Crippen LogP contribution in [0.1, 0.15) is 30.5 Å². The van der Waals surface area contributed by atoms with Gasteiger partial charge in [-0.2, -0.15) is 0 Å². The first-order chi connectivity index (χ1) is 9.63. The summed E-state index contributed by atoms with van der Waals surface area (Å²) >= 11 is 3.12. The SMILES string of the molecule is CCCNC(c1ccc(Br)c(F)c1)c1ccncc1F. The van der Waals surface area contributed by atoms with E-state index in [1.165, 1.54) is 18.5 Å². The van der Waals surface area contributed by atoms with Gasteiger partial charge in [0.2, 0.25) is 0 Å². The van der Waals surface area contributed by atoms with E-state index in [1.807, 2.05) is 6.92 Å². The van der Waals surface area contributed by atoms with Crippen LogP contribution in [0.3, 0.4) is 0 Å². The molecule has 106 valence electrons. The van der Waals surface area contributed by atoms with E-state index < -0.39 is 5.82 Å². The van der Waals surface area contributed by atoms with Crippen molar-refractivity contribution in [2.75, 3.05) is 6.54 Å². The molecule has 1 N–H and O–H groups in total. The van der Waals surface area contributed by atoms with Crippen molar-refractivity contribution >= 4 is 15.9 Å². The minimum Gasteiger partial charge on any atom is -0.306 e. The third kappa shape index (κ3) is 3.41. The second kappa shape index (κ2) is 6.90. The smallest absolute Gasteiger partial charge is 0.146 e. The van der Waals surface area contributed by atoms with Crippen molar-refractivity contribution in [1.29, 1.82) is 0 Å². The molecule has 1 heterocycles. The van der Waals surface area contributed by atoms with Crippen molar-refractivity contribution in [2.45, 2.75) is 19.4 Å². The van der Waals surface area contributed by atoms with Crippen LogP contribution in [0.25, 0.3) is 0 Å². The highest BCUT2D eigenvalue weighted by Gasteiger charge is 2.18. The molecule has 2 rings (SSSR count).